The van der Waals surface area contributed by atoms with E-state index >= 15 is 0 Å². The third kappa shape index (κ3) is 2.96. The van der Waals surface area contributed by atoms with Crippen LogP contribution in [0.15, 0.2) is 12.1 Å². The van der Waals surface area contributed by atoms with Crippen molar-refractivity contribution in [2.75, 3.05) is 7.11 Å². The molecular weight excluding hydrogens is 223 g/mol. The van der Waals surface area contributed by atoms with E-state index in [1.807, 2.05) is 0 Å². The number of halogens is 1. The molecule has 0 heterocycles. The molecule has 0 bridgehead atoms. The predicted molar refractivity (Wildman–Crippen MR) is 61.0 cm³/mol. The molecule has 0 N–H and O–H groups in total. The van der Waals surface area contributed by atoms with Crippen LogP contribution in [0.1, 0.15) is 25.3 Å². The topological polar surface area (TPSA) is 35.5 Å². The van der Waals surface area contributed by atoms with Gasteiger partial charge in [-0.1, -0.05) is 0 Å². The minimum Gasteiger partial charge on any atom is -0.493 e. The Kier molecular flexibility index (Phi) is 3.31. The van der Waals surface area contributed by atoms with Crippen LogP contribution in [0, 0.1) is 5.82 Å². The van der Waals surface area contributed by atoms with Crippen molar-refractivity contribution in [3.63, 3.8) is 0 Å². The molecule has 3 nitrogen and oxygen atoms in total. The van der Waals surface area contributed by atoms with E-state index in [0.717, 1.165) is 12.8 Å². The molecule has 0 aromatic heterocycles. The van der Waals surface area contributed by atoms with Gasteiger partial charge in [0, 0.05) is 18.1 Å². The number of carbonyl (C=O) groups excluding carboxylic acids is 1. The van der Waals surface area contributed by atoms with Gasteiger partial charge >= 0.3 is 0 Å². The van der Waals surface area contributed by atoms with Crippen LogP contribution in [-0.2, 0) is 11.2 Å². The smallest absolute Gasteiger partial charge is 0.165 e. The molecule has 0 atom stereocenters. The van der Waals surface area contributed by atoms with Crippen LogP contribution in [0.2, 0.25) is 0 Å². The molecule has 1 fully saturated rings. The monoisotopic (exact) mass is 238 g/mol. The van der Waals surface area contributed by atoms with Crippen LogP contribution in [0.25, 0.3) is 0 Å². The number of carbonyl (C=O) groups is 1. The molecule has 0 spiro atoms. The molecule has 1 aliphatic carbocycles. The Morgan fingerprint density at radius 2 is 2.18 bits per heavy atom. The van der Waals surface area contributed by atoms with Gasteiger partial charge < -0.3 is 9.47 Å². The summed E-state index contributed by atoms with van der Waals surface area (Å²) in [4.78, 5) is 11.2. The second kappa shape index (κ2) is 4.73. The van der Waals surface area contributed by atoms with Crippen molar-refractivity contribution in [1.29, 1.82) is 0 Å². The summed E-state index contributed by atoms with van der Waals surface area (Å²) in [5, 5.41) is 0. The molecule has 17 heavy (non-hydrogen) atoms. The molecule has 1 aromatic carbocycles. The molecule has 0 amide bonds. The summed E-state index contributed by atoms with van der Waals surface area (Å²) in [7, 11) is 1.46. The van der Waals surface area contributed by atoms with Crippen molar-refractivity contribution in [3.8, 4) is 11.5 Å². The van der Waals surface area contributed by atoms with Crippen LogP contribution in [-0.4, -0.2) is 19.0 Å². The molecule has 0 radical (unpaired) electrons. The fraction of sp³-hybridized carbons (Fsp3) is 0.462. The SMILES string of the molecule is COc1cc(F)cc(CC(C)=O)c1OC1CC1. The van der Waals surface area contributed by atoms with E-state index in [-0.39, 0.29) is 18.3 Å². The minimum absolute atomic E-state index is 0.0294. The summed E-state index contributed by atoms with van der Waals surface area (Å²) in [6, 6.07) is 2.61. The zero-order chi connectivity index (χ0) is 12.4. The Balaban J connectivity index is 2.36. The van der Waals surface area contributed by atoms with Crippen molar-refractivity contribution >= 4 is 5.78 Å². The van der Waals surface area contributed by atoms with Crippen molar-refractivity contribution in [2.45, 2.75) is 32.3 Å². The van der Waals surface area contributed by atoms with Gasteiger partial charge in [-0.15, -0.1) is 0 Å². The third-order valence-corrected chi connectivity index (χ3v) is 2.56. The van der Waals surface area contributed by atoms with E-state index in [1.54, 1.807) is 0 Å². The molecule has 92 valence electrons. The van der Waals surface area contributed by atoms with Crippen molar-refractivity contribution in [2.24, 2.45) is 0 Å². The Labute approximate surface area is 99.5 Å². The summed E-state index contributed by atoms with van der Waals surface area (Å²) in [5.74, 6) is 0.416. The normalized spacial score (nSPS) is 14.5. The van der Waals surface area contributed by atoms with Crippen LogP contribution >= 0.6 is 0 Å². The summed E-state index contributed by atoms with van der Waals surface area (Å²) >= 11 is 0. The molecule has 0 aliphatic heterocycles. The van der Waals surface area contributed by atoms with Crippen LogP contribution < -0.4 is 9.47 Å². The highest BCUT2D eigenvalue weighted by Gasteiger charge is 2.27. The fourth-order valence-electron chi connectivity index (χ4n) is 1.66. The first-order valence-corrected chi connectivity index (χ1v) is 5.62. The molecule has 2 rings (SSSR count). The lowest BCUT2D eigenvalue weighted by Gasteiger charge is -2.14. The first-order chi connectivity index (χ1) is 8.10. The fourth-order valence-corrected chi connectivity index (χ4v) is 1.66. The quantitative estimate of drug-likeness (QED) is 0.790. The van der Waals surface area contributed by atoms with E-state index in [1.165, 1.54) is 26.2 Å². The minimum atomic E-state index is -0.416. The predicted octanol–water partition coefficient (Wildman–Crippen LogP) is 2.51. The maximum Gasteiger partial charge on any atom is 0.165 e. The number of rotatable bonds is 5. The Hall–Kier alpha value is -1.58. The Morgan fingerprint density at radius 1 is 1.47 bits per heavy atom. The third-order valence-electron chi connectivity index (χ3n) is 2.56. The van der Waals surface area contributed by atoms with E-state index in [4.69, 9.17) is 9.47 Å². The summed E-state index contributed by atoms with van der Waals surface area (Å²) < 4.78 is 24.1. The number of hydrogen-bond donors (Lipinski definition) is 0. The maximum atomic E-state index is 13.4. The average Bonchev–Trinajstić information content (AvgIpc) is 3.04. The number of ether oxygens (including phenoxy) is 2. The van der Waals surface area contributed by atoms with E-state index in [9.17, 15) is 9.18 Å². The zero-order valence-electron chi connectivity index (χ0n) is 9.96. The lowest BCUT2D eigenvalue weighted by molar-refractivity contribution is -0.116. The highest BCUT2D eigenvalue weighted by atomic mass is 19.1. The van der Waals surface area contributed by atoms with Gasteiger partial charge in [0.25, 0.3) is 0 Å². The van der Waals surface area contributed by atoms with Gasteiger partial charge in [0.1, 0.15) is 11.6 Å². The highest BCUT2D eigenvalue weighted by molar-refractivity contribution is 5.79. The second-order valence-electron chi connectivity index (χ2n) is 4.29. The van der Waals surface area contributed by atoms with E-state index in [2.05, 4.69) is 0 Å². The number of ketones is 1. The summed E-state index contributed by atoms with van der Waals surface area (Å²) in [5.41, 5.74) is 0.557. The Morgan fingerprint density at radius 3 is 2.71 bits per heavy atom. The zero-order valence-corrected chi connectivity index (χ0v) is 9.96. The molecule has 4 heteroatoms. The Bertz CT molecular complexity index is 439. The van der Waals surface area contributed by atoms with Gasteiger partial charge in [-0.05, 0) is 25.8 Å². The summed E-state index contributed by atoms with van der Waals surface area (Å²) in [6.07, 6.45) is 2.34. The van der Waals surface area contributed by atoms with Crippen LogP contribution in [0.4, 0.5) is 4.39 Å². The molecule has 0 unspecified atom stereocenters. The van der Waals surface area contributed by atoms with Gasteiger partial charge in [0.05, 0.1) is 13.2 Å². The largest absolute Gasteiger partial charge is 0.493 e. The van der Waals surface area contributed by atoms with Gasteiger partial charge in [-0.2, -0.15) is 0 Å². The van der Waals surface area contributed by atoms with E-state index < -0.39 is 5.82 Å². The molecular formula is C13H15FO3. The maximum absolute atomic E-state index is 13.4. The van der Waals surface area contributed by atoms with Crippen molar-refractivity contribution in [1.82, 2.24) is 0 Å². The van der Waals surface area contributed by atoms with Crippen molar-refractivity contribution in [3.05, 3.63) is 23.5 Å². The summed E-state index contributed by atoms with van der Waals surface area (Å²) in [6.45, 7) is 1.47. The van der Waals surface area contributed by atoms with Gasteiger partial charge in [0.2, 0.25) is 0 Å². The lowest BCUT2D eigenvalue weighted by Crippen LogP contribution is -2.06. The average molecular weight is 238 g/mol. The van der Waals surface area contributed by atoms with Gasteiger partial charge in [-0.25, -0.2) is 4.39 Å². The molecule has 1 saturated carbocycles. The molecule has 1 aliphatic rings. The van der Waals surface area contributed by atoms with Crippen LogP contribution in [0.3, 0.4) is 0 Å². The number of Topliss-reactive ketones (excluding diaryl/α,β-unsaturated/α-hetero) is 1. The second-order valence-corrected chi connectivity index (χ2v) is 4.29. The van der Waals surface area contributed by atoms with Crippen molar-refractivity contribution < 1.29 is 18.7 Å². The molecule has 0 saturated heterocycles. The van der Waals surface area contributed by atoms with Gasteiger partial charge in [0.15, 0.2) is 11.5 Å². The standard InChI is InChI=1S/C13H15FO3/c1-8(15)5-9-6-10(14)7-12(16-2)13(9)17-11-3-4-11/h6-7,11H,3-5H2,1-2H3. The number of methoxy groups -OCH3 is 1. The molecule has 1 aromatic rings. The number of hydrogen-bond acceptors (Lipinski definition) is 3. The lowest BCUT2D eigenvalue weighted by atomic mass is 10.1. The van der Waals surface area contributed by atoms with Gasteiger partial charge in [-0.3, -0.25) is 4.79 Å². The first-order valence-electron chi connectivity index (χ1n) is 5.62. The van der Waals surface area contributed by atoms with Crippen LogP contribution in [0.5, 0.6) is 11.5 Å². The number of benzene rings is 1. The highest BCUT2D eigenvalue weighted by Crippen LogP contribution is 2.37. The first kappa shape index (κ1) is 11.9. The van der Waals surface area contributed by atoms with E-state index in [0.29, 0.717) is 17.1 Å².